The molecular weight excluding hydrogens is 425 g/mol. The SMILES string of the molecule is NC(=O)CCC(NS(=O)(=O)c1ccc(Cl)cc1)C(=O)NCc1cccc(Cl)c1. The fourth-order valence-electron chi connectivity index (χ4n) is 2.36. The van der Waals surface area contributed by atoms with Gasteiger partial charge >= 0.3 is 0 Å². The molecule has 4 N–H and O–H groups in total. The molecule has 150 valence electrons. The molecule has 2 rings (SSSR count). The summed E-state index contributed by atoms with van der Waals surface area (Å²) < 4.78 is 27.4. The maximum Gasteiger partial charge on any atom is 0.241 e. The summed E-state index contributed by atoms with van der Waals surface area (Å²) in [6.45, 7) is 0.148. The number of hydrogen-bond acceptors (Lipinski definition) is 4. The molecule has 2 aromatic carbocycles. The van der Waals surface area contributed by atoms with Crippen LogP contribution in [0.25, 0.3) is 0 Å². The molecule has 0 fully saturated rings. The van der Waals surface area contributed by atoms with E-state index in [9.17, 15) is 18.0 Å². The summed E-state index contributed by atoms with van der Waals surface area (Å²) in [4.78, 5) is 23.6. The second kappa shape index (κ2) is 9.88. The number of rotatable bonds is 9. The molecule has 0 spiro atoms. The summed E-state index contributed by atoms with van der Waals surface area (Å²) in [6, 6.07) is 11.2. The van der Waals surface area contributed by atoms with Crippen molar-refractivity contribution in [3.05, 3.63) is 64.1 Å². The maximum absolute atomic E-state index is 12.6. The molecule has 10 heteroatoms. The molecule has 1 unspecified atom stereocenters. The molecule has 0 aliphatic carbocycles. The average molecular weight is 444 g/mol. The highest BCUT2D eigenvalue weighted by molar-refractivity contribution is 7.89. The standard InChI is InChI=1S/C18H19Cl2N3O4S/c19-13-4-6-15(7-5-13)28(26,27)23-16(8-9-17(21)24)18(25)22-11-12-2-1-3-14(20)10-12/h1-7,10,16,23H,8-9,11H2,(H2,21,24)(H,22,25). The lowest BCUT2D eigenvalue weighted by Crippen LogP contribution is -2.46. The Bertz CT molecular complexity index is 950. The second-order valence-corrected chi connectivity index (χ2v) is 8.57. The van der Waals surface area contributed by atoms with Gasteiger partial charge in [0.05, 0.1) is 4.90 Å². The predicted octanol–water partition coefficient (Wildman–Crippen LogP) is 2.22. The molecule has 2 amide bonds. The molecule has 7 nitrogen and oxygen atoms in total. The second-order valence-electron chi connectivity index (χ2n) is 5.98. The van der Waals surface area contributed by atoms with Crippen LogP contribution < -0.4 is 15.8 Å². The van der Waals surface area contributed by atoms with Gasteiger partial charge in [-0.25, -0.2) is 8.42 Å². The molecule has 0 saturated heterocycles. The number of hydrogen-bond donors (Lipinski definition) is 3. The van der Waals surface area contributed by atoms with Crippen molar-refractivity contribution in [3.8, 4) is 0 Å². The zero-order valence-electron chi connectivity index (χ0n) is 14.7. The zero-order chi connectivity index (χ0) is 20.7. The van der Waals surface area contributed by atoms with E-state index in [1.54, 1.807) is 24.3 Å². The number of nitrogens with one attached hydrogen (secondary N) is 2. The summed E-state index contributed by atoms with van der Waals surface area (Å²) >= 11 is 11.7. The molecule has 0 aliphatic heterocycles. The summed E-state index contributed by atoms with van der Waals surface area (Å²) in [5.41, 5.74) is 5.88. The highest BCUT2D eigenvalue weighted by Crippen LogP contribution is 2.15. The first kappa shape index (κ1) is 22.2. The van der Waals surface area contributed by atoms with Gasteiger partial charge in [-0.2, -0.15) is 4.72 Å². The lowest BCUT2D eigenvalue weighted by Gasteiger charge is -2.18. The van der Waals surface area contributed by atoms with E-state index in [2.05, 4.69) is 10.0 Å². The summed E-state index contributed by atoms with van der Waals surface area (Å²) in [5, 5.41) is 3.53. The minimum absolute atomic E-state index is 0.0522. The van der Waals surface area contributed by atoms with Gasteiger partial charge in [0.15, 0.2) is 0 Å². The molecule has 2 aromatic rings. The lowest BCUT2D eigenvalue weighted by molar-refractivity contribution is -0.123. The van der Waals surface area contributed by atoms with Crippen LogP contribution in [0.1, 0.15) is 18.4 Å². The third-order valence-electron chi connectivity index (χ3n) is 3.77. The number of sulfonamides is 1. The molecular formula is C18H19Cl2N3O4S. The normalized spacial score (nSPS) is 12.4. The number of primary amides is 1. The van der Waals surface area contributed by atoms with Gasteiger partial charge in [-0.1, -0.05) is 35.3 Å². The fraction of sp³-hybridized carbons (Fsp3) is 0.222. The van der Waals surface area contributed by atoms with Gasteiger partial charge in [0.25, 0.3) is 0 Å². The third-order valence-corrected chi connectivity index (χ3v) is 5.75. The van der Waals surface area contributed by atoms with Crippen LogP contribution in [0.5, 0.6) is 0 Å². The quantitative estimate of drug-likeness (QED) is 0.550. The number of carbonyl (C=O) groups excluding carboxylic acids is 2. The van der Waals surface area contributed by atoms with Crippen LogP contribution in [0, 0.1) is 0 Å². The number of carbonyl (C=O) groups is 2. The maximum atomic E-state index is 12.6. The highest BCUT2D eigenvalue weighted by atomic mass is 35.5. The van der Waals surface area contributed by atoms with Crippen molar-refractivity contribution >= 4 is 45.0 Å². The third kappa shape index (κ3) is 6.79. The first-order chi connectivity index (χ1) is 13.2. The van der Waals surface area contributed by atoms with E-state index in [0.717, 1.165) is 5.56 Å². The van der Waals surface area contributed by atoms with E-state index < -0.39 is 27.9 Å². The first-order valence-electron chi connectivity index (χ1n) is 8.26. The van der Waals surface area contributed by atoms with Crippen molar-refractivity contribution in [1.29, 1.82) is 0 Å². The molecule has 0 radical (unpaired) electrons. The Kier molecular flexibility index (Phi) is 7.82. The van der Waals surface area contributed by atoms with Crippen LogP contribution in [-0.2, 0) is 26.2 Å². The number of benzene rings is 2. The van der Waals surface area contributed by atoms with Gasteiger partial charge in [-0.15, -0.1) is 0 Å². The van der Waals surface area contributed by atoms with Crippen LogP contribution >= 0.6 is 23.2 Å². The Balaban J connectivity index is 2.12. The monoisotopic (exact) mass is 443 g/mol. The lowest BCUT2D eigenvalue weighted by atomic mass is 10.1. The van der Waals surface area contributed by atoms with Crippen LogP contribution in [0.4, 0.5) is 0 Å². The van der Waals surface area contributed by atoms with E-state index in [1.807, 2.05) is 0 Å². The minimum Gasteiger partial charge on any atom is -0.370 e. The molecule has 0 aromatic heterocycles. The van der Waals surface area contributed by atoms with Crippen molar-refractivity contribution in [2.75, 3.05) is 0 Å². The Morgan fingerprint density at radius 2 is 1.71 bits per heavy atom. The van der Waals surface area contributed by atoms with Crippen LogP contribution in [0.15, 0.2) is 53.4 Å². The van der Waals surface area contributed by atoms with E-state index in [4.69, 9.17) is 28.9 Å². The Labute approximate surface area is 173 Å². The van der Waals surface area contributed by atoms with Gasteiger partial charge in [0, 0.05) is 23.0 Å². The molecule has 0 aliphatic rings. The summed E-state index contributed by atoms with van der Waals surface area (Å²) in [5.74, 6) is -1.22. The van der Waals surface area contributed by atoms with E-state index in [0.29, 0.717) is 10.0 Å². The number of nitrogens with two attached hydrogens (primary N) is 1. The van der Waals surface area contributed by atoms with Crippen LogP contribution in [0.2, 0.25) is 10.0 Å². The first-order valence-corrected chi connectivity index (χ1v) is 10.5. The Morgan fingerprint density at radius 1 is 1.04 bits per heavy atom. The van der Waals surface area contributed by atoms with Crippen LogP contribution in [-0.4, -0.2) is 26.3 Å². The van der Waals surface area contributed by atoms with Crippen molar-refractivity contribution in [3.63, 3.8) is 0 Å². The molecule has 28 heavy (non-hydrogen) atoms. The van der Waals surface area contributed by atoms with E-state index >= 15 is 0 Å². The largest absolute Gasteiger partial charge is 0.370 e. The van der Waals surface area contributed by atoms with Crippen LogP contribution in [0.3, 0.4) is 0 Å². The number of amides is 2. The van der Waals surface area contributed by atoms with Gasteiger partial charge in [0.1, 0.15) is 6.04 Å². The van der Waals surface area contributed by atoms with Crippen molar-refractivity contribution < 1.29 is 18.0 Å². The average Bonchev–Trinajstić information content (AvgIpc) is 2.63. The zero-order valence-corrected chi connectivity index (χ0v) is 17.0. The minimum atomic E-state index is -4.00. The topological polar surface area (TPSA) is 118 Å². The predicted molar refractivity (Wildman–Crippen MR) is 107 cm³/mol. The van der Waals surface area contributed by atoms with Crippen molar-refractivity contribution in [1.82, 2.24) is 10.0 Å². The Morgan fingerprint density at radius 3 is 2.32 bits per heavy atom. The molecule has 0 bridgehead atoms. The Hall–Kier alpha value is -2.13. The van der Waals surface area contributed by atoms with Gasteiger partial charge in [-0.05, 0) is 48.4 Å². The smallest absolute Gasteiger partial charge is 0.241 e. The molecule has 1 atom stereocenters. The highest BCUT2D eigenvalue weighted by Gasteiger charge is 2.26. The molecule has 0 saturated carbocycles. The van der Waals surface area contributed by atoms with Crippen molar-refractivity contribution in [2.24, 2.45) is 5.73 Å². The van der Waals surface area contributed by atoms with Gasteiger partial charge in [0.2, 0.25) is 21.8 Å². The number of halogens is 2. The van der Waals surface area contributed by atoms with Gasteiger partial charge in [-0.3, -0.25) is 9.59 Å². The van der Waals surface area contributed by atoms with Gasteiger partial charge < -0.3 is 11.1 Å². The molecule has 0 heterocycles. The van der Waals surface area contributed by atoms with E-state index in [1.165, 1.54) is 24.3 Å². The summed E-state index contributed by atoms with van der Waals surface area (Å²) in [7, 11) is -4.00. The van der Waals surface area contributed by atoms with Crippen molar-refractivity contribution in [2.45, 2.75) is 30.3 Å². The fourth-order valence-corrected chi connectivity index (χ4v) is 3.93. The summed E-state index contributed by atoms with van der Waals surface area (Å²) in [6.07, 6.45) is -0.234. The van der Waals surface area contributed by atoms with E-state index in [-0.39, 0.29) is 24.3 Å².